The summed E-state index contributed by atoms with van der Waals surface area (Å²) in [5.41, 5.74) is 1.21. The van der Waals surface area contributed by atoms with Crippen LogP contribution in [0.2, 0.25) is 0 Å². The highest BCUT2D eigenvalue weighted by molar-refractivity contribution is 14.1. The summed E-state index contributed by atoms with van der Waals surface area (Å²) in [5, 5.41) is 8.88. The molecular formula is C13H9IN2O. The molecule has 1 heterocycles. The van der Waals surface area contributed by atoms with E-state index in [1.54, 1.807) is 12.3 Å². The second kappa shape index (κ2) is 5.64. The van der Waals surface area contributed by atoms with Crippen LogP contribution in [0.4, 0.5) is 0 Å². The minimum Gasteiger partial charge on any atom is -0.489 e. The first kappa shape index (κ1) is 11.9. The Labute approximate surface area is 113 Å². The number of hydrogen-bond acceptors (Lipinski definition) is 3. The summed E-state index contributed by atoms with van der Waals surface area (Å²) in [5.74, 6) is 0.790. The van der Waals surface area contributed by atoms with Crippen molar-refractivity contribution in [3.05, 3.63) is 57.4 Å². The lowest BCUT2D eigenvalue weighted by molar-refractivity contribution is 0.305. The number of halogens is 1. The highest BCUT2D eigenvalue weighted by Crippen LogP contribution is 2.15. The summed E-state index contributed by atoms with van der Waals surface area (Å²) in [7, 11) is 0. The van der Waals surface area contributed by atoms with E-state index < -0.39 is 0 Å². The molecule has 0 atom stereocenters. The fraction of sp³-hybridized carbons (Fsp3) is 0.0769. The molecule has 0 amide bonds. The van der Waals surface area contributed by atoms with E-state index in [1.807, 2.05) is 36.4 Å². The number of nitrogens with zero attached hydrogens (tertiary/aromatic N) is 2. The van der Waals surface area contributed by atoms with Crippen molar-refractivity contribution in [1.29, 1.82) is 5.26 Å². The Kier molecular flexibility index (Phi) is 3.94. The van der Waals surface area contributed by atoms with Gasteiger partial charge in [-0.2, -0.15) is 5.26 Å². The largest absolute Gasteiger partial charge is 0.489 e. The number of benzene rings is 1. The van der Waals surface area contributed by atoms with Crippen LogP contribution >= 0.6 is 22.6 Å². The van der Waals surface area contributed by atoms with Crippen molar-refractivity contribution < 1.29 is 4.74 Å². The Bertz CT molecular complexity index is 546. The van der Waals surface area contributed by atoms with Gasteiger partial charge in [0, 0.05) is 15.3 Å². The molecule has 0 N–H and O–H groups in total. The zero-order chi connectivity index (χ0) is 12.1. The molecule has 1 aromatic carbocycles. The molecule has 1 aromatic heterocycles. The van der Waals surface area contributed by atoms with Gasteiger partial charge < -0.3 is 4.74 Å². The van der Waals surface area contributed by atoms with Crippen LogP contribution in [0.15, 0.2) is 42.6 Å². The van der Waals surface area contributed by atoms with E-state index in [-0.39, 0.29) is 0 Å². The van der Waals surface area contributed by atoms with Crippen LogP contribution in [-0.4, -0.2) is 4.98 Å². The minimum absolute atomic E-state index is 0.358. The molecule has 3 nitrogen and oxygen atoms in total. The van der Waals surface area contributed by atoms with Crippen molar-refractivity contribution in [2.24, 2.45) is 0 Å². The lowest BCUT2D eigenvalue weighted by Crippen LogP contribution is -1.99. The topological polar surface area (TPSA) is 45.9 Å². The Balaban J connectivity index is 2.08. The molecule has 0 fully saturated rings. The summed E-state index contributed by atoms with van der Waals surface area (Å²) < 4.78 is 6.76. The van der Waals surface area contributed by atoms with Gasteiger partial charge in [-0.05, 0) is 52.9 Å². The van der Waals surface area contributed by atoms with Crippen molar-refractivity contribution in [1.82, 2.24) is 4.98 Å². The molecule has 0 unspecified atom stereocenters. The predicted octanol–water partition coefficient (Wildman–Crippen LogP) is 3.14. The first-order valence-electron chi connectivity index (χ1n) is 5.02. The molecule has 0 bridgehead atoms. The highest BCUT2D eigenvalue weighted by atomic mass is 127. The van der Waals surface area contributed by atoms with E-state index in [1.165, 1.54) is 0 Å². The van der Waals surface area contributed by atoms with Crippen LogP contribution in [0.25, 0.3) is 0 Å². The fourth-order valence-corrected chi connectivity index (χ4v) is 1.71. The molecular weight excluding hydrogens is 327 g/mol. The molecule has 0 spiro atoms. The number of nitriles is 1. The SMILES string of the molecule is N#Cc1ncccc1COc1ccc(I)cc1. The van der Waals surface area contributed by atoms with Crippen LogP contribution in [0, 0.1) is 14.9 Å². The Hall–Kier alpha value is -1.61. The molecule has 0 saturated heterocycles. The normalized spacial score (nSPS) is 9.65. The minimum atomic E-state index is 0.358. The van der Waals surface area contributed by atoms with Crippen LogP contribution in [0.1, 0.15) is 11.3 Å². The maximum absolute atomic E-state index is 8.88. The molecule has 4 heteroatoms. The van der Waals surface area contributed by atoms with Crippen LogP contribution in [0.5, 0.6) is 5.75 Å². The maximum atomic E-state index is 8.88. The van der Waals surface area contributed by atoms with Gasteiger partial charge in [0.2, 0.25) is 0 Å². The van der Waals surface area contributed by atoms with E-state index in [0.29, 0.717) is 12.3 Å². The summed E-state index contributed by atoms with van der Waals surface area (Å²) in [6.07, 6.45) is 1.60. The third-order valence-corrected chi connectivity index (χ3v) is 2.92. The van der Waals surface area contributed by atoms with E-state index >= 15 is 0 Å². The van der Waals surface area contributed by atoms with Crippen LogP contribution in [0.3, 0.4) is 0 Å². The first-order chi connectivity index (χ1) is 8.29. The molecule has 2 rings (SSSR count). The monoisotopic (exact) mass is 336 g/mol. The predicted molar refractivity (Wildman–Crippen MR) is 72.4 cm³/mol. The molecule has 0 aliphatic rings. The number of rotatable bonds is 3. The Morgan fingerprint density at radius 2 is 2.00 bits per heavy atom. The zero-order valence-electron chi connectivity index (χ0n) is 8.93. The lowest BCUT2D eigenvalue weighted by Gasteiger charge is -2.06. The van der Waals surface area contributed by atoms with Gasteiger partial charge in [-0.3, -0.25) is 0 Å². The van der Waals surface area contributed by atoms with E-state index in [9.17, 15) is 0 Å². The van der Waals surface area contributed by atoms with Gasteiger partial charge in [-0.15, -0.1) is 0 Å². The number of aromatic nitrogens is 1. The van der Waals surface area contributed by atoms with Gasteiger partial charge >= 0.3 is 0 Å². The highest BCUT2D eigenvalue weighted by Gasteiger charge is 2.02. The third kappa shape index (κ3) is 3.17. The Morgan fingerprint density at radius 1 is 1.24 bits per heavy atom. The van der Waals surface area contributed by atoms with Crippen LogP contribution in [-0.2, 0) is 6.61 Å². The van der Waals surface area contributed by atoms with Crippen LogP contribution < -0.4 is 4.74 Å². The van der Waals surface area contributed by atoms with Gasteiger partial charge in [0.1, 0.15) is 24.1 Å². The Morgan fingerprint density at radius 3 is 2.71 bits per heavy atom. The van der Waals surface area contributed by atoms with Gasteiger partial charge in [0.15, 0.2) is 0 Å². The van der Waals surface area contributed by atoms with Crippen molar-refractivity contribution in [2.75, 3.05) is 0 Å². The fourth-order valence-electron chi connectivity index (χ4n) is 1.35. The second-order valence-corrected chi connectivity index (χ2v) is 4.61. The molecule has 17 heavy (non-hydrogen) atoms. The average molecular weight is 336 g/mol. The van der Waals surface area contributed by atoms with E-state index in [2.05, 4.69) is 27.6 Å². The van der Waals surface area contributed by atoms with Gasteiger partial charge in [0.05, 0.1) is 0 Å². The standard InChI is InChI=1S/C13H9IN2O/c14-11-3-5-12(6-4-11)17-9-10-2-1-7-16-13(10)8-15/h1-7H,9H2. The summed E-state index contributed by atoms with van der Waals surface area (Å²) in [6.45, 7) is 0.358. The molecule has 0 aliphatic carbocycles. The number of pyridine rings is 1. The lowest BCUT2D eigenvalue weighted by atomic mass is 10.2. The first-order valence-corrected chi connectivity index (χ1v) is 6.10. The average Bonchev–Trinajstić information content (AvgIpc) is 2.38. The van der Waals surface area contributed by atoms with Crippen molar-refractivity contribution >= 4 is 22.6 Å². The molecule has 2 aromatic rings. The van der Waals surface area contributed by atoms with Crippen molar-refractivity contribution in [3.63, 3.8) is 0 Å². The van der Waals surface area contributed by atoms with Gasteiger partial charge in [0.25, 0.3) is 0 Å². The number of hydrogen-bond donors (Lipinski definition) is 0. The van der Waals surface area contributed by atoms with E-state index in [4.69, 9.17) is 10.00 Å². The number of ether oxygens (including phenoxy) is 1. The summed E-state index contributed by atoms with van der Waals surface area (Å²) in [6, 6.07) is 13.5. The smallest absolute Gasteiger partial charge is 0.147 e. The van der Waals surface area contributed by atoms with Crippen molar-refractivity contribution in [3.8, 4) is 11.8 Å². The van der Waals surface area contributed by atoms with E-state index in [0.717, 1.165) is 14.9 Å². The molecule has 0 radical (unpaired) electrons. The summed E-state index contributed by atoms with van der Waals surface area (Å²) in [4.78, 5) is 3.98. The molecule has 84 valence electrons. The van der Waals surface area contributed by atoms with Gasteiger partial charge in [-0.25, -0.2) is 4.98 Å². The third-order valence-electron chi connectivity index (χ3n) is 2.21. The summed E-state index contributed by atoms with van der Waals surface area (Å²) >= 11 is 2.24. The zero-order valence-corrected chi connectivity index (χ0v) is 11.1. The molecule has 0 aliphatic heterocycles. The van der Waals surface area contributed by atoms with Gasteiger partial charge in [-0.1, -0.05) is 6.07 Å². The second-order valence-electron chi connectivity index (χ2n) is 3.37. The molecule has 0 saturated carbocycles. The maximum Gasteiger partial charge on any atom is 0.147 e. The quantitative estimate of drug-likeness (QED) is 0.809. The van der Waals surface area contributed by atoms with Crippen molar-refractivity contribution in [2.45, 2.75) is 6.61 Å².